The Bertz CT molecular complexity index is 342. The summed E-state index contributed by atoms with van der Waals surface area (Å²) in [4.78, 5) is 4.19. The highest BCUT2D eigenvalue weighted by atomic mass is 127. The van der Waals surface area contributed by atoms with Crippen molar-refractivity contribution in [3.05, 3.63) is 29.8 Å². The molecule has 0 bridgehead atoms. The molecule has 0 unspecified atom stereocenters. The summed E-state index contributed by atoms with van der Waals surface area (Å²) in [5, 5.41) is 2.94. The molecule has 1 rings (SSSR count). The zero-order chi connectivity index (χ0) is 11.1. The number of rotatable bonds is 4. The number of nitrogens with zero attached hydrogens (tertiary/aromatic N) is 1. The summed E-state index contributed by atoms with van der Waals surface area (Å²) in [7, 11) is 1.65. The molecule has 0 saturated heterocycles. The molecule has 0 heterocycles. The number of guanidine groups is 1. The topological polar surface area (TPSA) is 59.6 Å². The van der Waals surface area contributed by atoms with Crippen molar-refractivity contribution >= 4 is 29.9 Å². The van der Waals surface area contributed by atoms with Crippen LogP contribution in [-0.2, 0) is 6.54 Å². The lowest BCUT2D eigenvalue weighted by molar-refractivity contribution is 0.414. The van der Waals surface area contributed by atoms with Gasteiger partial charge in [0, 0.05) is 6.54 Å². The second-order valence-corrected chi connectivity index (χ2v) is 3.08. The van der Waals surface area contributed by atoms with Gasteiger partial charge in [-0.1, -0.05) is 12.1 Å². The van der Waals surface area contributed by atoms with E-state index >= 15 is 0 Å². The van der Waals surface area contributed by atoms with Gasteiger partial charge in [0.15, 0.2) is 5.96 Å². The third-order valence-electron chi connectivity index (χ3n) is 1.92. The van der Waals surface area contributed by atoms with E-state index in [4.69, 9.17) is 10.5 Å². The van der Waals surface area contributed by atoms with Crippen molar-refractivity contribution in [1.82, 2.24) is 5.32 Å². The van der Waals surface area contributed by atoms with Gasteiger partial charge in [-0.25, -0.2) is 4.99 Å². The maximum atomic E-state index is 5.61. The lowest BCUT2D eigenvalue weighted by Gasteiger charge is -2.03. The maximum Gasteiger partial charge on any atom is 0.188 e. The second kappa shape index (κ2) is 8.20. The molecule has 0 radical (unpaired) electrons. The van der Waals surface area contributed by atoms with E-state index in [1.54, 1.807) is 7.11 Å². The van der Waals surface area contributed by atoms with Crippen molar-refractivity contribution in [2.75, 3.05) is 13.7 Å². The number of aliphatic imine (C=N–C) groups is 1. The van der Waals surface area contributed by atoms with E-state index in [0.29, 0.717) is 12.5 Å². The molecule has 0 aliphatic heterocycles. The van der Waals surface area contributed by atoms with Crippen molar-refractivity contribution in [3.63, 3.8) is 0 Å². The van der Waals surface area contributed by atoms with Crippen LogP contribution >= 0.6 is 24.0 Å². The van der Waals surface area contributed by atoms with E-state index in [2.05, 4.69) is 10.3 Å². The van der Waals surface area contributed by atoms with Crippen LogP contribution in [0.25, 0.3) is 0 Å². The number of ether oxygens (including phenoxy) is 1. The van der Waals surface area contributed by atoms with Gasteiger partial charge < -0.3 is 15.8 Å². The zero-order valence-corrected chi connectivity index (χ0v) is 11.9. The van der Waals surface area contributed by atoms with Crippen LogP contribution in [0, 0.1) is 0 Å². The number of nitrogens with two attached hydrogens (primary N) is 1. The van der Waals surface area contributed by atoms with Crippen molar-refractivity contribution in [2.45, 2.75) is 13.5 Å². The van der Waals surface area contributed by atoms with E-state index in [9.17, 15) is 0 Å². The average Bonchev–Trinajstić information content (AvgIpc) is 2.27. The SMILES string of the molecule is CCNC(N)=NCc1cccc(OC)c1.I. The monoisotopic (exact) mass is 335 g/mol. The fourth-order valence-electron chi connectivity index (χ4n) is 1.18. The van der Waals surface area contributed by atoms with Crippen LogP contribution in [-0.4, -0.2) is 19.6 Å². The Kier molecular flexibility index (Phi) is 7.70. The minimum absolute atomic E-state index is 0. The van der Waals surface area contributed by atoms with Gasteiger partial charge in [0.05, 0.1) is 13.7 Å². The molecule has 0 saturated carbocycles. The normalized spacial score (nSPS) is 10.5. The first-order valence-electron chi connectivity index (χ1n) is 4.93. The lowest BCUT2D eigenvalue weighted by atomic mass is 10.2. The number of methoxy groups -OCH3 is 1. The van der Waals surface area contributed by atoms with Crippen LogP contribution in [0.1, 0.15) is 12.5 Å². The van der Waals surface area contributed by atoms with Gasteiger partial charge in [-0.2, -0.15) is 0 Å². The Balaban J connectivity index is 0.00000225. The highest BCUT2D eigenvalue weighted by Crippen LogP contribution is 2.12. The molecule has 0 amide bonds. The van der Waals surface area contributed by atoms with Crippen molar-refractivity contribution < 1.29 is 4.74 Å². The molecule has 4 nitrogen and oxygen atoms in total. The number of nitrogens with one attached hydrogen (secondary N) is 1. The van der Waals surface area contributed by atoms with Gasteiger partial charge in [-0.3, -0.25) is 0 Å². The molecule has 5 heteroatoms. The smallest absolute Gasteiger partial charge is 0.188 e. The standard InChI is InChI=1S/C11H17N3O.HI/c1-3-13-11(12)14-8-9-5-4-6-10(7-9)15-2;/h4-7H,3,8H2,1-2H3,(H3,12,13,14);1H. The molecule has 1 aromatic carbocycles. The largest absolute Gasteiger partial charge is 0.497 e. The molecule has 0 spiro atoms. The first kappa shape index (κ1) is 15.0. The van der Waals surface area contributed by atoms with Gasteiger partial charge in [0.2, 0.25) is 0 Å². The minimum atomic E-state index is 0. The van der Waals surface area contributed by atoms with Crippen molar-refractivity contribution in [1.29, 1.82) is 0 Å². The van der Waals surface area contributed by atoms with Crippen molar-refractivity contribution in [3.8, 4) is 5.75 Å². The number of benzene rings is 1. The van der Waals surface area contributed by atoms with Crippen LogP contribution in [0.2, 0.25) is 0 Å². The van der Waals surface area contributed by atoms with E-state index < -0.39 is 0 Å². The molecule has 0 aromatic heterocycles. The fourth-order valence-corrected chi connectivity index (χ4v) is 1.18. The van der Waals surface area contributed by atoms with Crippen LogP contribution in [0.15, 0.2) is 29.3 Å². The van der Waals surface area contributed by atoms with E-state index in [1.807, 2.05) is 31.2 Å². The first-order chi connectivity index (χ1) is 7.26. The Morgan fingerprint density at radius 1 is 1.50 bits per heavy atom. The van der Waals surface area contributed by atoms with Crippen LogP contribution in [0.5, 0.6) is 5.75 Å². The number of hydrogen-bond acceptors (Lipinski definition) is 2. The van der Waals surface area contributed by atoms with Gasteiger partial charge in [0.1, 0.15) is 5.75 Å². The van der Waals surface area contributed by atoms with E-state index in [0.717, 1.165) is 17.9 Å². The highest BCUT2D eigenvalue weighted by Gasteiger charge is 1.95. The van der Waals surface area contributed by atoms with Gasteiger partial charge in [-0.05, 0) is 24.6 Å². The highest BCUT2D eigenvalue weighted by molar-refractivity contribution is 14.0. The predicted octanol–water partition coefficient (Wildman–Crippen LogP) is 1.74. The summed E-state index contributed by atoms with van der Waals surface area (Å²) in [6.45, 7) is 3.33. The van der Waals surface area contributed by atoms with E-state index in [-0.39, 0.29) is 24.0 Å². The fraction of sp³-hybridized carbons (Fsp3) is 0.364. The Hall–Kier alpha value is -0.980. The van der Waals surface area contributed by atoms with Gasteiger partial charge >= 0.3 is 0 Å². The molecular formula is C11H18IN3O. The Morgan fingerprint density at radius 2 is 2.25 bits per heavy atom. The second-order valence-electron chi connectivity index (χ2n) is 3.08. The molecule has 0 atom stereocenters. The lowest BCUT2D eigenvalue weighted by Crippen LogP contribution is -2.31. The van der Waals surface area contributed by atoms with Crippen LogP contribution < -0.4 is 15.8 Å². The molecule has 16 heavy (non-hydrogen) atoms. The van der Waals surface area contributed by atoms with Gasteiger partial charge in [-0.15, -0.1) is 24.0 Å². The predicted molar refractivity (Wildman–Crippen MR) is 77.4 cm³/mol. The Labute approximate surface area is 113 Å². The maximum absolute atomic E-state index is 5.61. The van der Waals surface area contributed by atoms with E-state index in [1.165, 1.54) is 0 Å². The molecule has 0 fully saturated rings. The first-order valence-corrected chi connectivity index (χ1v) is 4.93. The quantitative estimate of drug-likeness (QED) is 0.501. The molecule has 90 valence electrons. The molecular weight excluding hydrogens is 317 g/mol. The summed E-state index contributed by atoms with van der Waals surface area (Å²) in [5.74, 6) is 1.31. The van der Waals surface area contributed by atoms with Crippen LogP contribution in [0.4, 0.5) is 0 Å². The zero-order valence-electron chi connectivity index (χ0n) is 9.56. The third kappa shape index (κ3) is 5.20. The summed E-state index contributed by atoms with van der Waals surface area (Å²) in [6.07, 6.45) is 0. The van der Waals surface area contributed by atoms with Crippen LogP contribution in [0.3, 0.4) is 0 Å². The summed E-state index contributed by atoms with van der Waals surface area (Å²) < 4.78 is 5.11. The summed E-state index contributed by atoms with van der Waals surface area (Å²) in [5.41, 5.74) is 6.69. The summed E-state index contributed by atoms with van der Waals surface area (Å²) >= 11 is 0. The van der Waals surface area contributed by atoms with Gasteiger partial charge in [0.25, 0.3) is 0 Å². The molecule has 3 N–H and O–H groups in total. The minimum Gasteiger partial charge on any atom is -0.497 e. The summed E-state index contributed by atoms with van der Waals surface area (Å²) in [6, 6.07) is 7.78. The molecule has 1 aromatic rings. The molecule has 0 aliphatic rings. The molecule has 0 aliphatic carbocycles. The third-order valence-corrected chi connectivity index (χ3v) is 1.92. The van der Waals surface area contributed by atoms with Crippen molar-refractivity contribution in [2.24, 2.45) is 10.7 Å². The Morgan fingerprint density at radius 3 is 2.88 bits per heavy atom. The number of hydrogen-bond donors (Lipinski definition) is 2. The number of halogens is 1. The average molecular weight is 335 g/mol.